The maximum Gasteiger partial charge on any atom is 0.113 e. The highest BCUT2D eigenvalue weighted by molar-refractivity contribution is 9.10. The highest BCUT2D eigenvalue weighted by atomic mass is 79.9. The Balaban J connectivity index is 2.24. The Labute approximate surface area is 184 Å². The molecule has 2 atom stereocenters. The molecule has 0 saturated carbocycles. The lowest BCUT2D eigenvalue weighted by molar-refractivity contribution is 0.0588. The van der Waals surface area contributed by atoms with Crippen molar-refractivity contribution in [2.24, 2.45) is 10.8 Å². The predicted molar refractivity (Wildman–Crippen MR) is 122 cm³/mol. The van der Waals surface area contributed by atoms with E-state index in [1.54, 1.807) is 0 Å². The zero-order valence-electron chi connectivity index (χ0n) is 17.2. The molecule has 2 rings (SSSR count). The van der Waals surface area contributed by atoms with Gasteiger partial charge in [-0.15, -0.1) is 0 Å². The van der Waals surface area contributed by atoms with Crippen molar-refractivity contribution in [3.05, 3.63) is 56.0 Å². The van der Waals surface area contributed by atoms with Gasteiger partial charge in [0.1, 0.15) is 21.4 Å². The Morgan fingerprint density at radius 1 is 0.714 bits per heavy atom. The molecule has 28 heavy (non-hydrogen) atoms. The molecular weight excluding hydrogens is 484 g/mol. The molecule has 0 aliphatic carbocycles. The number of aliphatic hydroxyl groups is 2. The fraction of sp³-hybridized carbons (Fsp3) is 0.455. The van der Waals surface area contributed by atoms with E-state index in [1.807, 2.05) is 78.0 Å². The fourth-order valence-electron chi connectivity index (χ4n) is 2.54. The zero-order chi connectivity index (χ0) is 21.3. The van der Waals surface area contributed by atoms with Gasteiger partial charge in [0, 0.05) is 11.1 Å². The molecular formula is C22H28Br2N2O2. The summed E-state index contributed by atoms with van der Waals surface area (Å²) >= 11 is 6.99. The molecule has 0 aliphatic heterocycles. The topological polar surface area (TPSA) is 66.2 Å². The van der Waals surface area contributed by atoms with Crippen LogP contribution in [0.3, 0.4) is 0 Å². The van der Waals surface area contributed by atoms with Crippen molar-refractivity contribution in [3.63, 3.8) is 0 Å². The smallest absolute Gasteiger partial charge is 0.113 e. The minimum Gasteiger partial charge on any atom is -0.386 e. The average molecular weight is 512 g/mol. The van der Waals surface area contributed by atoms with Crippen molar-refractivity contribution in [2.45, 2.75) is 53.8 Å². The second kappa shape index (κ2) is 8.74. The molecule has 0 unspecified atom stereocenters. The Morgan fingerprint density at radius 2 is 1.04 bits per heavy atom. The maximum absolute atomic E-state index is 10.4. The van der Waals surface area contributed by atoms with Gasteiger partial charge >= 0.3 is 0 Å². The van der Waals surface area contributed by atoms with Crippen molar-refractivity contribution in [1.82, 2.24) is 9.97 Å². The Hall–Kier alpha value is -1.08. The van der Waals surface area contributed by atoms with Crippen LogP contribution in [0.15, 0.2) is 33.5 Å². The van der Waals surface area contributed by atoms with Crippen molar-refractivity contribution in [2.75, 3.05) is 0 Å². The van der Waals surface area contributed by atoms with E-state index in [9.17, 15) is 10.2 Å². The summed E-state index contributed by atoms with van der Waals surface area (Å²) in [5, 5.41) is 20.8. The van der Waals surface area contributed by atoms with E-state index in [-0.39, 0.29) is 10.8 Å². The molecule has 0 amide bonds. The molecule has 0 aromatic carbocycles. The van der Waals surface area contributed by atoms with Crippen LogP contribution in [-0.4, -0.2) is 20.2 Å². The van der Waals surface area contributed by atoms with E-state index in [4.69, 9.17) is 0 Å². The summed E-state index contributed by atoms with van der Waals surface area (Å²) in [6.07, 6.45) is 2.60. The van der Waals surface area contributed by atoms with Gasteiger partial charge < -0.3 is 10.2 Å². The third-order valence-corrected chi connectivity index (χ3v) is 5.71. The van der Waals surface area contributed by atoms with Gasteiger partial charge in [-0.3, -0.25) is 0 Å². The van der Waals surface area contributed by atoms with Crippen molar-refractivity contribution in [3.8, 4) is 0 Å². The van der Waals surface area contributed by atoms with E-state index in [2.05, 4.69) is 41.8 Å². The van der Waals surface area contributed by atoms with Crippen LogP contribution in [0.2, 0.25) is 0 Å². The van der Waals surface area contributed by atoms with E-state index in [0.717, 1.165) is 11.1 Å². The van der Waals surface area contributed by atoms with Crippen LogP contribution in [0.25, 0.3) is 12.2 Å². The first-order chi connectivity index (χ1) is 12.8. The van der Waals surface area contributed by atoms with Crippen molar-refractivity contribution < 1.29 is 10.2 Å². The summed E-state index contributed by atoms with van der Waals surface area (Å²) in [5.41, 5.74) is 2.52. The quantitative estimate of drug-likeness (QED) is 0.470. The molecule has 2 heterocycles. The minimum atomic E-state index is -0.637. The number of aromatic nitrogens is 2. The third kappa shape index (κ3) is 5.72. The maximum atomic E-state index is 10.4. The molecule has 0 radical (unpaired) electrons. The van der Waals surface area contributed by atoms with Crippen LogP contribution in [-0.2, 0) is 0 Å². The Bertz CT molecular complexity index is 796. The molecule has 0 saturated heterocycles. The number of pyridine rings is 2. The summed E-state index contributed by atoms with van der Waals surface area (Å²) in [6, 6.07) is 7.54. The summed E-state index contributed by atoms with van der Waals surface area (Å²) in [6.45, 7) is 11.9. The highest BCUT2D eigenvalue weighted by Gasteiger charge is 2.26. The number of halogens is 2. The van der Waals surface area contributed by atoms with E-state index in [0.29, 0.717) is 20.6 Å². The first kappa shape index (κ1) is 23.2. The van der Waals surface area contributed by atoms with Crippen LogP contribution in [0.1, 0.15) is 76.3 Å². The van der Waals surface area contributed by atoms with Crippen molar-refractivity contribution in [1.29, 1.82) is 0 Å². The Kier molecular flexibility index (Phi) is 7.24. The largest absolute Gasteiger partial charge is 0.386 e. The van der Waals surface area contributed by atoms with Gasteiger partial charge in [-0.05, 0) is 54.8 Å². The fourth-order valence-corrected chi connectivity index (χ4v) is 3.48. The van der Waals surface area contributed by atoms with Gasteiger partial charge in [-0.2, -0.15) is 0 Å². The summed E-state index contributed by atoms with van der Waals surface area (Å²) in [7, 11) is 0. The summed E-state index contributed by atoms with van der Waals surface area (Å²) in [5.74, 6) is 0. The van der Waals surface area contributed by atoms with Gasteiger partial charge in [-0.25, -0.2) is 9.97 Å². The zero-order valence-corrected chi connectivity index (χ0v) is 20.3. The SMILES string of the molecule is CC(C)(C)[C@@H](O)c1ccc(/C=C/c2ccc([C@H](O)C(C)(C)C)nc2Br)c(Br)n1. The molecule has 4 nitrogen and oxygen atoms in total. The molecule has 2 aromatic heterocycles. The average Bonchev–Trinajstić information content (AvgIpc) is 2.58. The van der Waals surface area contributed by atoms with Crippen molar-refractivity contribution >= 4 is 44.0 Å². The van der Waals surface area contributed by atoms with E-state index >= 15 is 0 Å². The van der Waals surface area contributed by atoms with Crippen LogP contribution in [0, 0.1) is 10.8 Å². The third-order valence-electron chi connectivity index (χ3n) is 4.44. The molecule has 0 spiro atoms. The first-order valence-corrected chi connectivity index (χ1v) is 10.8. The minimum absolute atomic E-state index is 0.278. The predicted octanol–water partition coefficient (Wildman–Crippen LogP) is 6.33. The van der Waals surface area contributed by atoms with Gasteiger partial charge in [0.2, 0.25) is 0 Å². The van der Waals surface area contributed by atoms with Crippen LogP contribution in [0.5, 0.6) is 0 Å². The second-order valence-corrected chi connectivity index (χ2v) is 10.6. The lowest BCUT2D eigenvalue weighted by Crippen LogP contribution is -2.19. The van der Waals surface area contributed by atoms with Gasteiger partial charge in [-0.1, -0.05) is 65.8 Å². The monoisotopic (exact) mass is 510 g/mol. The highest BCUT2D eigenvalue weighted by Crippen LogP contribution is 2.34. The molecule has 2 N–H and O–H groups in total. The van der Waals surface area contributed by atoms with Crippen LogP contribution >= 0.6 is 31.9 Å². The molecule has 2 aromatic rings. The number of aliphatic hydroxyl groups excluding tert-OH is 2. The molecule has 152 valence electrons. The molecule has 0 bridgehead atoms. The number of rotatable bonds is 4. The molecule has 0 fully saturated rings. The van der Waals surface area contributed by atoms with Crippen LogP contribution in [0.4, 0.5) is 0 Å². The Morgan fingerprint density at radius 3 is 1.29 bits per heavy atom. The summed E-state index contributed by atoms with van der Waals surface area (Å²) in [4.78, 5) is 8.99. The second-order valence-electron chi connectivity index (χ2n) is 9.10. The van der Waals surface area contributed by atoms with E-state index < -0.39 is 12.2 Å². The van der Waals surface area contributed by atoms with Gasteiger partial charge in [0.05, 0.1) is 11.4 Å². The van der Waals surface area contributed by atoms with Crippen LogP contribution < -0.4 is 0 Å². The number of hydrogen-bond acceptors (Lipinski definition) is 4. The lowest BCUT2D eigenvalue weighted by atomic mass is 9.87. The normalized spacial score (nSPS) is 15.1. The standard InChI is InChI=1S/C22H28Br2N2O2/c1-21(2,3)17(27)15-11-9-13(19(23)25-15)7-8-14-10-12-16(26-20(14)24)18(28)22(4,5)6/h7-12,17-18,27-28H,1-6H3/b8-7+/t17-,18-/m0/s1. The molecule has 6 heteroatoms. The summed E-state index contributed by atoms with van der Waals surface area (Å²) < 4.78 is 1.35. The van der Waals surface area contributed by atoms with E-state index in [1.165, 1.54) is 0 Å². The van der Waals surface area contributed by atoms with Gasteiger partial charge in [0.15, 0.2) is 0 Å². The lowest BCUT2D eigenvalue weighted by Gasteiger charge is -2.25. The van der Waals surface area contributed by atoms with Gasteiger partial charge in [0.25, 0.3) is 0 Å². The molecule has 0 aliphatic rings. The number of nitrogens with zero attached hydrogens (tertiary/aromatic N) is 2. The first-order valence-electron chi connectivity index (χ1n) is 9.18. The number of hydrogen-bond donors (Lipinski definition) is 2.